The van der Waals surface area contributed by atoms with Crippen molar-refractivity contribution in [3.05, 3.63) is 59.8 Å². The van der Waals surface area contributed by atoms with Crippen molar-refractivity contribution in [3.63, 3.8) is 0 Å². The Labute approximate surface area is 137 Å². The summed E-state index contributed by atoms with van der Waals surface area (Å²) in [6.45, 7) is 4.73. The highest BCUT2D eigenvalue weighted by molar-refractivity contribution is 5.98. The molecule has 1 amide bonds. The van der Waals surface area contributed by atoms with Crippen LogP contribution in [0.2, 0.25) is 0 Å². The Hall–Kier alpha value is -2.36. The van der Waals surface area contributed by atoms with Crippen LogP contribution in [0.1, 0.15) is 35.7 Å². The van der Waals surface area contributed by atoms with Crippen molar-refractivity contribution in [2.45, 2.75) is 26.3 Å². The molecule has 120 valence electrons. The van der Waals surface area contributed by atoms with E-state index in [1.165, 1.54) is 6.42 Å². The van der Waals surface area contributed by atoms with Crippen molar-refractivity contribution in [2.24, 2.45) is 5.92 Å². The first-order chi connectivity index (χ1) is 11.2. The van der Waals surface area contributed by atoms with Crippen LogP contribution in [0, 0.1) is 5.92 Å². The van der Waals surface area contributed by atoms with Crippen LogP contribution in [0.3, 0.4) is 0 Å². The van der Waals surface area contributed by atoms with Crippen LogP contribution in [0.4, 0.5) is 5.82 Å². The van der Waals surface area contributed by atoms with Gasteiger partial charge in [-0.25, -0.2) is 4.98 Å². The number of rotatable bonds is 4. The van der Waals surface area contributed by atoms with Gasteiger partial charge in [0.25, 0.3) is 5.91 Å². The van der Waals surface area contributed by atoms with Gasteiger partial charge in [0.15, 0.2) is 0 Å². The molecule has 1 fully saturated rings. The van der Waals surface area contributed by atoms with E-state index in [0.29, 0.717) is 18.0 Å². The van der Waals surface area contributed by atoms with Crippen LogP contribution < -0.4 is 10.2 Å². The molecular weight excluding hydrogens is 286 g/mol. The highest BCUT2D eigenvalue weighted by Crippen LogP contribution is 2.24. The van der Waals surface area contributed by atoms with Gasteiger partial charge in [0.05, 0.1) is 5.56 Å². The number of benzene rings is 1. The fourth-order valence-electron chi connectivity index (χ4n) is 3.08. The van der Waals surface area contributed by atoms with Gasteiger partial charge in [-0.15, -0.1) is 0 Å². The number of hydrogen-bond donors (Lipinski definition) is 1. The van der Waals surface area contributed by atoms with Crippen LogP contribution in [-0.2, 0) is 6.54 Å². The van der Waals surface area contributed by atoms with E-state index in [9.17, 15) is 4.79 Å². The normalized spacial score (nSPS) is 17.8. The topological polar surface area (TPSA) is 45.2 Å². The van der Waals surface area contributed by atoms with E-state index < -0.39 is 0 Å². The van der Waals surface area contributed by atoms with Crippen molar-refractivity contribution >= 4 is 11.7 Å². The quantitative estimate of drug-likeness (QED) is 0.943. The van der Waals surface area contributed by atoms with Gasteiger partial charge in [0.2, 0.25) is 0 Å². The van der Waals surface area contributed by atoms with Crippen LogP contribution in [0.15, 0.2) is 48.7 Å². The van der Waals surface area contributed by atoms with Gasteiger partial charge < -0.3 is 10.2 Å². The minimum atomic E-state index is -0.0600. The van der Waals surface area contributed by atoms with E-state index in [1.54, 1.807) is 6.20 Å². The van der Waals surface area contributed by atoms with E-state index >= 15 is 0 Å². The average Bonchev–Trinajstić information content (AvgIpc) is 2.60. The molecular formula is C19H23N3O. The van der Waals surface area contributed by atoms with Crippen molar-refractivity contribution < 1.29 is 4.79 Å². The van der Waals surface area contributed by atoms with Gasteiger partial charge in [-0.05, 0) is 36.5 Å². The summed E-state index contributed by atoms with van der Waals surface area (Å²) in [4.78, 5) is 19.3. The maximum atomic E-state index is 12.6. The number of anilines is 1. The lowest BCUT2D eigenvalue weighted by Gasteiger charge is -2.32. The minimum Gasteiger partial charge on any atom is -0.356 e. The molecule has 1 aromatic heterocycles. The zero-order valence-corrected chi connectivity index (χ0v) is 13.5. The molecule has 4 nitrogen and oxygen atoms in total. The first-order valence-corrected chi connectivity index (χ1v) is 8.26. The van der Waals surface area contributed by atoms with Crippen molar-refractivity contribution in [1.82, 2.24) is 10.3 Å². The fourth-order valence-corrected chi connectivity index (χ4v) is 3.08. The fraction of sp³-hybridized carbons (Fsp3) is 0.368. The predicted molar refractivity (Wildman–Crippen MR) is 92.5 cm³/mol. The van der Waals surface area contributed by atoms with Gasteiger partial charge >= 0.3 is 0 Å². The third-order valence-electron chi connectivity index (χ3n) is 4.28. The first-order valence-electron chi connectivity index (χ1n) is 8.26. The number of aromatic nitrogens is 1. The summed E-state index contributed by atoms with van der Waals surface area (Å²) >= 11 is 0. The van der Waals surface area contributed by atoms with E-state index in [1.807, 2.05) is 42.5 Å². The summed E-state index contributed by atoms with van der Waals surface area (Å²) in [5.41, 5.74) is 1.76. The zero-order valence-electron chi connectivity index (χ0n) is 13.5. The number of pyridine rings is 1. The second-order valence-electron chi connectivity index (χ2n) is 6.24. The molecule has 1 atom stereocenters. The molecule has 1 aliphatic heterocycles. The number of nitrogens with zero attached hydrogens (tertiary/aromatic N) is 2. The zero-order chi connectivity index (χ0) is 16.1. The molecule has 1 aromatic carbocycles. The number of piperidine rings is 1. The Morgan fingerprint density at radius 2 is 2.09 bits per heavy atom. The highest BCUT2D eigenvalue weighted by Gasteiger charge is 2.22. The molecule has 4 heteroatoms. The lowest BCUT2D eigenvalue weighted by Crippen LogP contribution is -2.36. The number of hydrogen-bond acceptors (Lipinski definition) is 3. The standard InChI is InChI=1S/C19H23N3O/c1-15-7-6-12-22(14-15)18-17(10-5-11-20-18)19(23)21-13-16-8-3-2-4-9-16/h2-5,8-11,15H,6-7,12-14H2,1H3,(H,21,23)/t15-/m0/s1. The Morgan fingerprint density at radius 3 is 2.87 bits per heavy atom. The summed E-state index contributed by atoms with van der Waals surface area (Å²) in [7, 11) is 0. The molecule has 2 heterocycles. The Balaban J connectivity index is 1.73. The molecule has 1 aliphatic rings. The molecule has 1 saturated heterocycles. The average molecular weight is 309 g/mol. The maximum Gasteiger partial charge on any atom is 0.255 e. The molecule has 3 rings (SSSR count). The molecule has 23 heavy (non-hydrogen) atoms. The summed E-state index contributed by atoms with van der Waals surface area (Å²) in [6, 6.07) is 13.6. The molecule has 2 aromatic rings. The monoisotopic (exact) mass is 309 g/mol. The van der Waals surface area contributed by atoms with Crippen molar-refractivity contribution in [1.29, 1.82) is 0 Å². The Kier molecular flexibility index (Phi) is 4.91. The summed E-state index contributed by atoms with van der Waals surface area (Å²) in [6.07, 6.45) is 4.17. The second-order valence-corrected chi connectivity index (χ2v) is 6.24. The van der Waals surface area contributed by atoms with Crippen molar-refractivity contribution in [2.75, 3.05) is 18.0 Å². The van der Waals surface area contributed by atoms with E-state index in [0.717, 1.165) is 30.9 Å². The molecule has 0 unspecified atom stereocenters. The predicted octanol–water partition coefficient (Wildman–Crippen LogP) is 3.25. The lowest BCUT2D eigenvalue weighted by molar-refractivity contribution is 0.0951. The van der Waals surface area contributed by atoms with Crippen LogP contribution in [0.25, 0.3) is 0 Å². The van der Waals surface area contributed by atoms with E-state index in [-0.39, 0.29) is 5.91 Å². The Bertz CT molecular complexity index is 657. The number of amides is 1. The number of carbonyl (C=O) groups is 1. The van der Waals surface area contributed by atoms with Gasteiger partial charge in [-0.2, -0.15) is 0 Å². The lowest BCUT2D eigenvalue weighted by atomic mass is 10.00. The molecule has 0 aliphatic carbocycles. The maximum absolute atomic E-state index is 12.6. The van der Waals surface area contributed by atoms with Crippen LogP contribution in [0.5, 0.6) is 0 Å². The molecule has 0 saturated carbocycles. The third kappa shape index (κ3) is 3.89. The van der Waals surface area contributed by atoms with Gasteiger partial charge in [0, 0.05) is 25.8 Å². The van der Waals surface area contributed by atoms with E-state index in [2.05, 4.69) is 22.1 Å². The van der Waals surface area contributed by atoms with Crippen LogP contribution >= 0.6 is 0 Å². The number of carbonyl (C=O) groups excluding carboxylic acids is 1. The van der Waals surface area contributed by atoms with Crippen molar-refractivity contribution in [3.8, 4) is 0 Å². The second kappa shape index (κ2) is 7.27. The SMILES string of the molecule is C[C@H]1CCCN(c2ncccc2C(=O)NCc2ccccc2)C1. The molecule has 0 radical (unpaired) electrons. The number of nitrogens with one attached hydrogen (secondary N) is 1. The molecule has 0 spiro atoms. The van der Waals surface area contributed by atoms with Gasteiger partial charge in [-0.1, -0.05) is 37.3 Å². The largest absolute Gasteiger partial charge is 0.356 e. The molecule has 0 bridgehead atoms. The van der Waals surface area contributed by atoms with E-state index in [4.69, 9.17) is 0 Å². The van der Waals surface area contributed by atoms with Crippen LogP contribution in [-0.4, -0.2) is 24.0 Å². The Morgan fingerprint density at radius 1 is 1.26 bits per heavy atom. The smallest absolute Gasteiger partial charge is 0.255 e. The van der Waals surface area contributed by atoms with Gasteiger partial charge in [0.1, 0.15) is 5.82 Å². The highest BCUT2D eigenvalue weighted by atomic mass is 16.1. The minimum absolute atomic E-state index is 0.0600. The summed E-state index contributed by atoms with van der Waals surface area (Å²) in [5, 5.41) is 3.00. The van der Waals surface area contributed by atoms with Gasteiger partial charge in [-0.3, -0.25) is 4.79 Å². The summed E-state index contributed by atoms with van der Waals surface area (Å²) < 4.78 is 0. The summed E-state index contributed by atoms with van der Waals surface area (Å²) in [5.74, 6) is 1.39. The third-order valence-corrected chi connectivity index (χ3v) is 4.28. The first kappa shape index (κ1) is 15.5. The molecule has 1 N–H and O–H groups in total.